The molecule has 1 rings (SSSR count). The van der Waals surface area contributed by atoms with E-state index in [0.717, 1.165) is 24.3 Å². The summed E-state index contributed by atoms with van der Waals surface area (Å²) in [5.41, 5.74) is 7.24. The Hall–Kier alpha value is -1.27. The summed E-state index contributed by atoms with van der Waals surface area (Å²) in [6.45, 7) is 0.722. The van der Waals surface area contributed by atoms with Gasteiger partial charge in [0, 0.05) is 17.9 Å². The van der Waals surface area contributed by atoms with E-state index in [-0.39, 0.29) is 5.75 Å². The van der Waals surface area contributed by atoms with Crippen molar-refractivity contribution in [2.75, 3.05) is 23.3 Å². The number of anilines is 2. The first-order chi connectivity index (χ1) is 7.47. The lowest BCUT2D eigenvalue weighted by Gasteiger charge is -2.05. The van der Waals surface area contributed by atoms with Crippen molar-refractivity contribution in [1.29, 1.82) is 0 Å². The molecule has 90 valence electrons. The van der Waals surface area contributed by atoms with E-state index in [9.17, 15) is 8.42 Å². The average Bonchev–Trinajstić information content (AvgIpc) is 2.19. The molecule has 0 heterocycles. The molecule has 0 saturated carbocycles. The molecule has 1 aromatic rings. The number of nitrogens with one attached hydrogen (secondary N) is 1. The normalized spacial score (nSPS) is 11.3. The summed E-state index contributed by atoms with van der Waals surface area (Å²) in [4.78, 5) is 0. The molecule has 0 radical (unpaired) electrons. The molecule has 16 heavy (non-hydrogen) atoms. The summed E-state index contributed by atoms with van der Waals surface area (Å²) in [7, 11) is -3.32. The van der Waals surface area contributed by atoms with E-state index in [0.29, 0.717) is 6.42 Å². The Balaban J connectivity index is 2.19. The van der Waals surface area contributed by atoms with Crippen molar-refractivity contribution in [1.82, 2.24) is 0 Å². The van der Waals surface area contributed by atoms with Gasteiger partial charge < -0.3 is 11.1 Å². The number of hydrogen-bond acceptors (Lipinski definition) is 4. The van der Waals surface area contributed by atoms with Crippen LogP contribution < -0.4 is 16.2 Å². The first-order valence-corrected chi connectivity index (χ1v) is 6.79. The largest absolute Gasteiger partial charge is 0.399 e. The van der Waals surface area contributed by atoms with E-state index in [1.54, 1.807) is 0 Å². The summed E-state index contributed by atoms with van der Waals surface area (Å²) in [6, 6.07) is 7.39. The van der Waals surface area contributed by atoms with Crippen molar-refractivity contribution < 1.29 is 8.42 Å². The molecule has 0 spiro atoms. The zero-order valence-electron chi connectivity index (χ0n) is 9.02. The second kappa shape index (κ2) is 5.72. The van der Waals surface area contributed by atoms with Crippen LogP contribution in [-0.4, -0.2) is 20.7 Å². The second-order valence-corrected chi connectivity index (χ2v) is 5.36. The Morgan fingerprint density at radius 3 is 2.31 bits per heavy atom. The second-order valence-electron chi connectivity index (χ2n) is 3.62. The number of benzene rings is 1. The van der Waals surface area contributed by atoms with Gasteiger partial charge in [0.05, 0.1) is 5.75 Å². The van der Waals surface area contributed by atoms with Crippen LogP contribution in [0.3, 0.4) is 0 Å². The Bertz CT molecular complexity index is 414. The fraction of sp³-hybridized carbons (Fsp3) is 0.400. The molecule has 0 aliphatic rings. The maximum atomic E-state index is 10.6. The van der Waals surface area contributed by atoms with E-state index < -0.39 is 10.0 Å². The number of sulfonamides is 1. The van der Waals surface area contributed by atoms with Crippen molar-refractivity contribution >= 4 is 21.4 Å². The van der Waals surface area contributed by atoms with Gasteiger partial charge in [0.1, 0.15) is 0 Å². The number of rotatable bonds is 6. The molecule has 0 unspecified atom stereocenters. The van der Waals surface area contributed by atoms with Crippen LogP contribution in [0.25, 0.3) is 0 Å². The number of hydrogen-bond donors (Lipinski definition) is 3. The van der Waals surface area contributed by atoms with Gasteiger partial charge in [-0.3, -0.25) is 0 Å². The van der Waals surface area contributed by atoms with Gasteiger partial charge in [0.25, 0.3) is 0 Å². The minimum absolute atomic E-state index is 0.0381. The third-order valence-corrected chi connectivity index (χ3v) is 2.95. The standard InChI is InChI=1S/C10H17N3O2S/c11-9-3-5-10(6-4-9)13-7-1-2-8-16(12,14)15/h3-6,13H,1-2,7-8,11H2,(H2,12,14,15). The van der Waals surface area contributed by atoms with Crippen LogP contribution >= 0.6 is 0 Å². The van der Waals surface area contributed by atoms with Crippen LogP contribution in [0, 0.1) is 0 Å². The predicted octanol–water partition coefficient (Wildman–Crippen LogP) is 0.749. The molecule has 0 aliphatic heterocycles. The Morgan fingerprint density at radius 2 is 1.75 bits per heavy atom. The van der Waals surface area contributed by atoms with Crippen molar-refractivity contribution in [2.24, 2.45) is 5.14 Å². The lowest BCUT2D eigenvalue weighted by molar-refractivity contribution is 0.594. The molecular weight excluding hydrogens is 226 g/mol. The molecule has 0 fully saturated rings. The highest BCUT2D eigenvalue weighted by Gasteiger charge is 2.01. The molecule has 0 bridgehead atoms. The van der Waals surface area contributed by atoms with Gasteiger partial charge in [-0.25, -0.2) is 13.6 Å². The third-order valence-electron chi connectivity index (χ3n) is 2.10. The fourth-order valence-electron chi connectivity index (χ4n) is 1.26. The third kappa shape index (κ3) is 5.57. The zero-order chi connectivity index (χ0) is 12.0. The lowest BCUT2D eigenvalue weighted by Crippen LogP contribution is -2.17. The predicted molar refractivity (Wildman–Crippen MR) is 66.6 cm³/mol. The molecule has 0 amide bonds. The zero-order valence-corrected chi connectivity index (χ0v) is 9.83. The Kier molecular flexibility index (Phi) is 4.57. The van der Waals surface area contributed by atoms with Crippen LogP contribution in [0.4, 0.5) is 11.4 Å². The molecule has 0 saturated heterocycles. The van der Waals surface area contributed by atoms with Gasteiger partial charge in [-0.2, -0.15) is 0 Å². The molecular formula is C10H17N3O2S. The Labute approximate surface area is 95.9 Å². The van der Waals surface area contributed by atoms with E-state index in [1.165, 1.54) is 0 Å². The maximum Gasteiger partial charge on any atom is 0.209 e. The molecule has 6 heteroatoms. The monoisotopic (exact) mass is 243 g/mol. The minimum atomic E-state index is -3.32. The SMILES string of the molecule is Nc1ccc(NCCCCS(N)(=O)=O)cc1. The number of unbranched alkanes of at least 4 members (excludes halogenated alkanes) is 1. The minimum Gasteiger partial charge on any atom is -0.399 e. The molecule has 0 atom stereocenters. The fourth-order valence-corrected chi connectivity index (χ4v) is 1.87. The van der Waals surface area contributed by atoms with Gasteiger partial charge in [-0.15, -0.1) is 0 Å². The molecule has 1 aromatic carbocycles. The highest BCUT2D eigenvalue weighted by Crippen LogP contribution is 2.10. The first kappa shape index (κ1) is 12.8. The van der Waals surface area contributed by atoms with Gasteiger partial charge >= 0.3 is 0 Å². The van der Waals surface area contributed by atoms with Crippen LogP contribution in [0.2, 0.25) is 0 Å². The van der Waals surface area contributed by atoms with Crippen LogP contribution in [0.1, 0.15) is 12.8 Å². The van der Waals surface area contributed by atoms with Crippen LogP contribution in [0.15, 0.2) is 24.3 Å². The van der Waals surface area contributed by atoms with Crippen molar-refractivity contribution in [2.45, 2.75) is 12.8 Å². The first-order valence-electron chi connectivity index (χ1n) is 5.07. The lowest BCUT2D eigenvalue weighted by atomic mass is 10.2. The highest BCUT2D eigenvalue weighted by atomic mass is 32.2. The summed E-state index contributed by atoms with van der Waals surface area (Å²) >= 11 is 0. The van der Waals surface area contributed by atoms with Crippen molar-refractivity contribution in [3.63, 3.8) is 0 Å². The van der Waals surface area contributed by atoms with Gasteiger partial charge in [-0.05, 0) is 37.1 Å². The van der Waals surface area contributed by atoms with Crippen LogP contribution in [-0.2, 0) is 10.0 Å². The highest BCUT2D eigenvalue weighted by molar-refractivity contribution is 7.89. The smallest absolute Gasteiger partial charge is 0.209 e. The molecule has 5 N–H and O–H groups in total. The summed E-state index contributed by atoms with van der Waals surface area (Å²) in [5.74, 6) is 0.0381. The number of nitrogens with two attached hydrogens (primary N) is 2. The van der Waals surface area contributed by atoms with Crippen molar-refractivity contribution in [3.8, 4) is 0 Å². The molecule has 5 nitrogen and oxygen atoms in total. The molecule has 0 aliphatic carbocycles. The number of nitrogen functional groups attached to an aromatic ring is 1. The maximum absolute atomic E-state index is 10.6. The average molecular weight is 243 g/mol. The molecule has 0 aromatic heterocycles. The Morgan fingerprint density at radius 1 is 1.12 bits per heavy atom. The summed E-state index contributed by atoms with van der Waals surface area (Å²) in [5, 5.41) is 8.05. The van der Waals surface area contributed by atoms with Crippen LogP contribution in [0.5, 0.6) is 0 Å². The quantitative estimate of drug-likeness (QED) is 0.507. The summed E-state index contributed by atoms with van der Waals surface area (Å²) in [6.07, 6.45) is 1.33. The van der Waals surface area contributed by atoms with Gasteiger partial charge in [0.2, 0.25) is 10.0 Å². The van der Waals surface area contributed by atoms with E-state index >= 15 is 0 Å². The van der Waals surface area contributed by atoms with Crippen molar-refractivity contribution in [3.05, 3.63) is 24.3 Å². The van der Waals surface area contributed by atoms with E-state index in [1.807, 2.05) is 24.3 Å². The van der Waals surface area contributed by atoms with Gasteiger partial charge in [0.15, 0.2) is 0 Å². The van der Waals surface area contributed by atoms with E-state index in [4.69, 9.17) is 10.9 Å². The number of primary sulfonamides is 1. The van der Waals surface area contributed by atoms with E-state index in [2.05, 4.69) is 5.32 Å². The van der Waals surface area contributed by atoms with Gasteiger partial charge in [-0.1, -0.05) is 0 Å². The topological polar surface area (TPSA) is 98.2 Å². The summed E-state index contributed by atoms with van der Waals surface area (Å²) < 4.78 is 21.3.